The molecule has 0 bridgehead atoms. The zero-order chi connectivity index (χ0) is 21.1. The average molecular weight is 421 g/mol. The number of rotatable bonds is 6. The molecule has 0 spiro atoms. The SMILES string of the molecule is COc1ccccc1C(=O)Nc1cccc(OCc2cc(=O)n3cc(C)sc3n2)c1. The van der Waals surface area contributed by atoms with Crippen molar-refractivity contribution in [2.45, 2.75) is 13.5 Å². The van der Waals surface area contributed by atoms with Gasteiger partial charge in [0.05, 0.1) is 18.4 Å². The van der Waals surface area contributed by atoms with Crippen LogP contribution in [0.15, 0.2) is 65.6 Å². The van der Waals surface area contributed by atoms with E-state index in [1.807, 2.05) is 6.92 Å². The molecule has 30 heavy (non-hydrogen) atoms. The summed E-state index contributed by atoms with van der Waals surface area (Å²) in [7, 11) is 1.52. The molecule has 0 radical (unpaired) electrons. The first-order valence-corrected chi connectivity index (χ1v) is 10.0. The molecule has 2 heterocycles. The molecule has 0 saturated carbocycles. The second-order valence-corrected chi connectivity index (χ2v) is 7.76. The van der Waals surface area contributed by atoms with Gasteiger partial charge < -0.3 is 14.8 Å². The van der Waals surface area contributed by atoms with Gasteiger partial charge in [-0.1, -0.05) is 18.2 Å². The Morgan fingerprint density at radius 1 is 1.17 bits per heavy atom. The van der Waals surface area contributed by atoms with E-state index in [9.17, 15) is 9.59 Å². The fourth-order valence-electron chi connectivity index (χ4n) is 2.98. The van der Waals surface area contributed by atoms with Gasteiger partial charge in [-0.2, -0.15) is 0 Å². The molecule has 0 atom stereocenters. The fourth-order valence-corrected chi connectivity index (χ4v) is 3.83. The highest BCUT2D eigenvalue weighted by molar-refractivity contribution is 7.16. The molecule has 7 nitrogen and oxygen atoms in total. The Kier molecular flexibility index (Phi) is 5.49. The molecule has 0 aliphatic heterocycles. The molecular weight excluding hydrogens is 402 g/mol. The third kappa shape index (κ3) is 4.18. The number of thiazole rings is 1. The summed E-state index contributed by atoms with van der Waals surface area (Å²) >= 11 is 1.45. The van der Waals surface area contributed by atoms with Gasteiger partial charge in [-0.3, -0.25) is 14.0 Å². The minimum absolute atomic E-state index is 0.138. The molecule has 2 aromatic carbocycles. The zero-order valence-electron chi connectivity index (χ0n) is 16.4. The highest BCUT2D eigenvalue weighted by Gasteiger charge is 2.12. The lowest BCUT2D eigenvalue weighted by atomic mass is 10.2. The molecule has 0 aliphatic carbocycles. The Morgan fingerprint density at radius 3 is 2.83 bits per heavy atom. The number of amides is 1. The van der Waals surface area contributed by atoms with E-state index >= 15 is 0 Å². The van der Waals surface area contributed by atoms with Crippen LogP contribution >= 0.6 is 11.3 Å². The summed E-state index contributed by atoms with van der Waals surface area (Å²) in [6.45, 7) is 2.08. The minimum atomic E-state index is -0.280. The summed E-state index contributed by atoms with van der Waals surface area (Å²) in [4.78, 5) is 30.9. The van der Waals surface area contributed by atoms with E-state index in [4.69, 9.17) is 9.47 Å². The molecule has 2 aromatic heterocycles. The number of nitrogens with one attached hydrogen (secondary N) is 1. The number of para-hydroxylation sites is 1. The van der Waals surface area contributed by atoms with Crippen LogP contribution in [0.3, 0.4) is 0 Å². The van der Waals surface area contributed by atoms with E-state index in [-0.39, 0.29) is 18.1 Å². The summed E-state index contributed by atoms with van der Waals surface area (Å²) in [5, 5.41) is 2.84. The number of nitrogens with zero attached hydrogens (tertiary/aromatic N) is 2. The number of aromatic nitrogens is 2. The van der Waals surface area contributed by atoms with Crippen molar-refractivity contribution in [2.24, 2.45) is 0 Å². The normalized spacial score (nSPS) is 10.7. The molecule has 8 heteroatoms. The highest BCUT2D eigenvalue weighted by atomic mass is 32.1. The number of hydrogen-bond acceptors (Lipinski definition) is 6. The van der Waals surface area contributed by atoms with Crippen molar-refractivity contribution < 1.29 is 14.3 Å². The van der Waals surface area contributed by atoms with Crippen LogP contribution in [0.25, 0.3) is 4.96 Å². The zero-order valence-corrected chi connectivity index (χ0v) is 17.2. The Hall–Kier alpha value is -3.65. The van der Waals surface area contributed by atoms with Crippen LogP contribution in [-0.4, -0.2) is 22.4 Å². The van der Waals surface area contributed by atoms with E-state index in [1.54, 1.807) is 54.7 Å². The predicted molar refractivity (Wildman–Crippen MR) is 116 cm³/mol. The average Bonchev–Trinajstić information content (AvgIpc) is 3.13. The molecule has 4 rings (SSSR count). The maximum Gasteiger partial charge on any atom is 0.259 e. The summed E-state index contributed by atoms with van der Waals surface area (Å²) in [6, 6.07) is 15.5. The van der Waals surface area contributed by atoms with Crippen molar-refractivity contribution in [3.8, 4) is 11.5 Å². The van der Waals surface area contributed by atoms with Crippen LogP contribution in [0.5, 0.6) is 11.5 Å². The standard InChI is InChI=1S/C22H19N3O4S/c1-14-12-25-20(26)11-16(24-22(25)30-14)13-29-17-7-5-6-15(10-17)23-21(27)18-8-3-4-9-19(18)28-2/h3-12H,13H2,1-2H3,(H,23,27). The number of carbonyl (C=O) groups is 1. The van der Waals surface area contributed by atoms with Crippen LogP contribution in [0.4, 0.5) is 5.69 Å². The van der Waals surface area contributed by atoms with Crippen LogP contribution in [0.1, 0.15) is 20.9 Å². The first-order chi connectivity index (χ1) is 14.5. The number of ether oxygens (including phenoxy) is 2. The maximum atomic E-state index is 12.6. The fraction of sp³-hybridized carbons (Fsp3) is 0.136. The molecule has 152 valence electrons. The van der Waals surface area contributed by atoms with E-state index < -0.39 is 0 Å². The molecule has 1 amide bonds. The number of methoxy groups -OCH3 is 1. The number of benzene rings is 2. The Morgan fingerprint density at radius 2 is 2.00 bits per heavy atom. The Balaban J connectivity index is 1.47. The lowest BCUT2D eigenvalue weighted by Crippen LogP contribution is -2.14. The van der Waals surface area contributed by atoms with Gasteiger partial charge in [0, 0.05) is 28.9 Å². The lowest BCUT2D eigenvalue weighted by Gasteiger charge is -2.11. The van der Waals surface area contributed by atoms with E-state index in [2.05, 4.69) is 10.3 Å². The van der Waals surface area contributed by atoms with Crippen LogP contribution < -0.4 is 20.3 Å². The number of carbonyl (C=O) groups excluding carboxylic acids is 1. The highest BCUT2D eigenvalue weighted by Crippen LogP contribution is 2.22. The number of anilines is 1. The first kappa shape index (κ1) is 19.7. The van der Waals surface area contributed by atoms with Gasteiger partial charge in [0.25, 0.3) is 11.5 Å². The topological polar surface area (TPSA) is 81.9 Å². The van der Waals surface area contributed by atoms with Crippen molar-refractivity contribution in [3.05, 3.63) is 87.3 Å². The van der Waals surface area contributed by atoms with E-state index in [0.717, 1.165) is 4.88 Å². The second-order valence-electron chi connectivity index (χ2n) is 6.55. The van der Waals surface area contributed by atoms with E-state index in [1.165, 1.54) is 28.9 Å². The van der Waals surface area contributed by atoms with Gasteiger partial charge in [-0.25, -0.2) is 4.98 Å². The van der Waals surface area contributed by atoms with Crippen molar-refractivity contribution in [1.29, 1.82) is 0 Å². The van der Waals surface area contributed by atoms with Gasteiger partial charge in [0.2, 0.25) is 0 Å². The van der Waals surface area contributed by atoms with Gasteiger partial charge in [0.15, 0.2) is 4.96 Å². The summed E-state index contributed by atoms with van der Waals surface area (Å²) in [5.74, 6) is 0.772. The largest absolute Gasteiger partial charge is 0.496 e. The molecule has 1 N–H and O–H groups in total. The molecule has 0 unspecified atom stereocenters. The van der Waals surface area contributed by atoms with Crippen molar-refractivity contribution in [3.63, 3.8) is 0 Å². The van der Waals surface area contributed by atoms with Crippen LogP contribution in [-0.2, 0) is 6.61 Å². The third-order valence-electron chi connectivity index (χ3n) is 4.37. The monoisotopic (exact) mass is 421 g/mol. The Labute approximate surface area is 176 Å². The van der Waals surface area contributed by atoms with Gasteiger partial charge in [-0.15, -0.1) is 11.3 Å². The van der Waals surface area contributed by atoms with E-state index in [0.29, 0.717) is 33.4 Å². The van der Waals surface area contributed by atoms with Crippen LogP contribution in [0.2, 0.25) is 0 Å². The van der Waals surface area contributed by atoms with Gasteiger partial charge in [-0.05, 0) is 31.2 Å². The maximum absolute atomic E-state index is 12.6. The smallest absolute Gasteiger partial charge is 0.259 e. The minimum Gasteiger partial charge on any atom is -0.496 e. The van der Waals surface area contributed by atoms with Crippen molar-refractivity contribution >= 4 is 27.9 Å². The van der Waals surface area contributed by atoms with Crippen LogP contribution in [0, 0.1) is 6.92 Å². The summed E-state index contributed by atoms with van der Waals surface area (Å²) in [5.41, 5.74) is 1.43. The first-order valence-electron chi connectivity index (χ1n) is 9.19. The molecule has 0 aliphatic rings. The van der Waals surface area contributed by atoms with Gasteiger partial charge in [0.1, 0.15) is 18.1 Å². The lowest BCUT2D eigenvalue weighted by molar-refractivity contribution is 0.102. The Bertz CT molecular complexity index is 1280. The number of fused-ring (bicyclic) bond motifs is 1. The molecule has 4 aromatic rings. The molecule has 0 fully saturated rings. The predicted octanol–water partition coefficient (Wildman–Crippen LogP) is 3.90. The van der Waals surface area contributed by atoms with Crippen molar-refractivity contribution in [1.82, 2.24) is 9.38 Å². The molecule has 0 saturated heterocycles. The number of hydrogen-bond donors (Lipinski definition) is 1. The summed E-state index contributed by atoms with van der Waals surface area (Å²) < 4.78 is 12.6. The molecular formula is C22H19N3O4S. The summed E-state index contributed by atoms with van der Waals surface area (Å²) in [6.07, 6.45) is 1.77. The number of aryl methyl sites for hydroxylation is 1. The van der Waals surface area contributed by atoms with Crippen molar-refractivity contribution in [2.75, 3.05) is 12.4 Å². The quantitative estimate of drug-likeness (QED) is 0.511. The van der Waals surface area contributed by atoms with Gasteiger partial charge >= 0.3 is 0 Å². The third-order valence-corrected chi connectivity index (χ3v) is 5.26. The second kappa shape index (κ2) is 8.38.